The van der Waals surface area contributed by atoms with Crippen molar-refractivity contribution in [2.45, 2.75) is 32.3 Å². The van der Waals surface area contributed by atoms with Crippen LogP contribution in [0.4, 0.5) is 0 Å². The van der Waals surface area contributed by atoms with Gasteiger partial charge in [-0.2, -0.15) is 0 Å². The van der Waals surface area contributed by atoms with Gasteiger partial charge in [-0.1, -0.05) is 37.3 Å². The third-order valence-corrected chi connectivity index (χ3v) is 4.40. The van der Waals surface area contributed by atoms with E-state index in [2.05, 4.69) is 12.2 Å². The average Bonchev–Trinajstić information content (AvgIpc) is 3.17. The molecule has 4 heteroatoms. The Morgan fingerprint density at radius 3 is 2.84 bits per heavy atom. The van der Waals surface area contributed by atoms with Crippen molar-refractivity contribution in [3.05, 3.63) is 65.6 Å². The second-order valence-corrected chi connectivity index (χ2v) is 6.58. The normalized spacial score (nSPS) is 19.2. The summed E-state index contributed by atoms with van der Waals surface area (Å²) in [7, 11) is 0. The van der Waals surface area contributed by atoms with E-state index >= 15 is 0 Å². The van der Waals surface area contributed by atoms with Crippen LogP contribution in [-0.4, -0.2) is 19.1 Å². The topological polar surface area (TPSA) is 51.5 Å². The van der Waals surface area contributed by atoms with E-state index in [0.717, 1.165) is 29.4 Å². The van der Waals surface area contributed by atoms with E-state index < -0.39 is 0 Å². The van der Waals surface area contributed by atoms with Gasteiger partial charge in [0.2, 0.25) is 5.91 Å². The molecule has 0 unspecified atom stereocenters. The zero-order chi connectivity index (χ0) is 17.5. The molecule has 2 atom stereocenters. The minimum atomic E-state index is -0.110. The van der Waals surface area contributed by atoms with Crippen molar-refractivity contribution < 1.29 is 13.9 Å². The molecule has 4 nitrogen and oxygen atoms in total. The molecule has 1 aliphatic rings. The number of hydrogen-bond donors (Lipinski definition) is 1. The van der Waals surface area contributed by atoms with E-state index in [1.165, 1.54) is 12.5 Å². The van der Waals surface area contributed by atoms with Crippen LogP contribution >= 0.6 is 0 Å². The molecule has 0 saturated heterocycles. The van der Waals surface area contributed by atoms with Gasteiger partial charge in [-0.05, 0) is 42.5 Å². The molecular weight excluding hydrogens is 314 g/mol. The van der Waals surface area contributed by atoms with Crippen molar-refractivity contribution in [1.82, 2.24) is 5.32 Å². The second kappa shape index (κ2) is 8.67. The number of nitrogens with one attached hydrogen (secondary N) is 1. The monoisotopic (exact) mass is 339 g/mol. The zero-order valence-corrected chi connectivity index (χ0v) is 14.6. The summed E-state index contributed by atoms with van der Waals surface area (Å²) in [6.45, 7) is 4.05. The van der Waals surface area contributed by atoms with Crippen LogP contribution in [0.15, 0.2) is 53.0 Å². The Morgan fingerprint density at radius 2 is 2.08 bits per heavy atom. The predicted octanol–water partition coefficient (Wildman–Crippen LogP) is 4.14. The number of rotatable bonds is 9. The Hall–Kier alpha value is -2.33. The van der Waals surface area contributed by atoms with E-state index in [9.17, 15) is 4.79 Å². The van der Waals surface area contributed by atoms with Crippen molar-refractivity contribution in [2.24, 2.45) is 5.92 Å². The lowest BCUT2D eigenvalue weighted by atomic mass is 10.2. The van der Waals surface area contributed by atoms with Gasteiger partial charge < -0.3 is 14.5 Å². The minimum absolute atomic E-state index is 0.110. The van der Waals surface area contributed by atoms with Gasteiger partial charge in [0, 0.05) is 25.1 Å². The molecule has 0 spiro atoms. The van der Waals surface area contributed by atoms with Crippen LogP contribution in [0.1, 0.15) is 42.8 Å². The Labute approximate surface area is 148 Å². The fraction of sp³-hybridized carbons (Fsp3) is 0.381. The van der Waals surface area contributed by atoms with Crippen LogP contribution in [0.2, 0.25) is 0 Å². The molecule has 0 bridgehead atoms. The summed E-state index contributed by atoms with van der Waals surface area (Å²) in [6, 6.07) is 14.0. The number of carbonyl (C=O) groups is 1. The number of ether oxygens (including phenoxy) is 1. The highest BCUT2D eigenvalue weighted by atomic mass is 16.5. The van der Waals surface area contributed by atoms with Crippen molar-refractivity contribution >= 4 is 12.0 Å². The standard InChI is InChI=1S/C21H25NO3/c1-16-14-19(16)20-10-8-18(25-20)9-11-21(23)22-12-5-13-24-15-17-6-3-2-4-7-17/h2-4,6-11,16,19H,5,12-15H2,1H3,(H,22,23)/b11-9+/t16-,19-/m1/s1. The quantitative estimate of drug-likeness (QED) is 0.552. The lowest BCUT2D eigenvalue weighted by Crippen LogP contribution is -2.23. The summed E-state index contributed by atoms with van der Waals surface area (Å²) < 4.78 is 11.3. The summed E-state index contributed by atoms with van der Waals surface area (Å²) >= 11 is 0. The van der Waals surface area contributed by atoms with Gasteiger partial charge in [0.25, 0.3) is 0 Å². The molecule has 1 amide bonds. The molecule has 3 rings (SSSR count). The summed E-state index contributed by atoms with van der Waals surface area (Å²) in [5.74, 6) is 2.93. The summed E-state index contributed by atoms with van der Waals surface area (Å²) in [5.41, 5.74) is 1.16. The maximum atomic E-state index is 11.8. The Balaban J connectivity index is 1.28. The van der Waals surface area contributed by atoms with Crippen LogP contribution in [0.25, 0.3) is 6.08 Å². The van der Waals surface area contributed by atoms with Crippen LogP contribution in [0.5, 0.6) is 0 Å². The highest BCUT2D eigenvalue weighted by molar-refractivity contribution is 5.91. The van der Waals surface area contributed by atoms with Gasteiger partial charge in [-0.25, -0.2) is 0 Å². The van der Waals surface area contributed by atoms with Gasteiger partial charge in [-0.3, -0.25) is 4.79 Å². The lowest BCUT2D eigenvalue weighted by Gasteiger charge is -2.05. The molecule has 1 aromatic heterocycles. The highest BCUT2D eigenvalue weighted by Crippen LogP contribution is 2.47. The average molecular weight is 339 g/mol. The minimum Gasteiger partial charge on any atom is -0.461 e. The first-order chi connectivity index (χ1) is 12.2. The molecular formula is C21H25NO3. The van der Waals surface area contributed by atoms with Crippen LogP contribution in [0.3, 0.4) is 0 Å². The Morgan fingerprint density at radius 1 is 1.28 bits per heavy atom. The fourth-order valence-electron chi connectivity index (χ4n) is 2.74. The molecule has 1 aromatic carbocycles. The summed E-state index contributed by atoms with van der Waals surface area (Å²) in [5, 5.41) is 2.85. The molecule has 1 N–H and O–H groups in total. The molecule has 1 fully saturated rings. The molecule has 132 valence electrons. The van der Waals surface area contributed by atoms with Crippen molar-refractivity contribution in [3.63, 3.8) is 0 Å². The van der Waals surface area contributed by atoms with E-state index in [1.807, 2.05) is 42.5 Å². The summed E-state index contributed by atoms with van der Waals surface area (Å²) in [4.78, 5) is 11.8. The predicted molar refractivity (Wildman–Crippen MR) is 98.0 cm³/mol. The first kappa shape index (κ1) is 17.5. The van der Waals surface area contributed by atoms with E-state index in [1.54, 1.807) is 6.08 Å². The SMILES string of the molecule is C[C@@H]1C[C@H]1c1ccc(/C=C/C(=O)NCCCOCc2ccccc2)o1. The van der Waals surface area contributed by atoms with Crippen LogP contribution in [-0.2, 0) is 16.1 Å². The Kier molecular flexibility index (Phi) is 6.07. The Bertz CT molecular complexity index is 705. The first-order valence-electron chi connectivity index (χ1n) is 8.89. The van der Waals surface area contributed by atoms with Gasteiger partial charge in [-0.15, -0.1) is 0 Å². The first-order valence-corrected chi connectivity index (χ1v) is 8.89. The third-order valence-electron chi connectivity index (χ3n) is 4.40. The molecule has 1 saturated carbocycles. The number of hydrogen-bond acceptors (Lipinski definition) is 3. The van der Waals surface area contributed by atoms with Crippen molar-refractivity contribution in [1.29, 1.82) is 0 Å². The van der Waals surface area contributed by atoms with Crippen LogP contribution < -0.4 is 5.32 Å². The van der Waals surface area contributed by atoms with E-state index in [-0.39, 0.29) is 5.91 Å². The smallest absolute Gasteiger partial charge is 0.244 e. The number of carbonyl (C=O) groups excluding carboxylic acids is 1. The zero-order valence-electron chi connectivity index (χ0n) is 14.6. The highest BCUT2D eigenvalue weighted by Gasteiger charge is 2.36. The maximum absolute atomic E-state index is 11.8. The van der Waals surface area contributed by atoms with E-state index in [0.29, 0.717) is 25.7 Å². The van der Waals surface area contributed by atoms with Gasteiger partial charge in [0.05, 0.1) is 6.61 Å². The molecule has 0 radical (unpaired) electrons. The largest absolute Gasteiger partial charge is 0.461 e. The fourth-order valence-corrected chi connectivity index (χ4v) is 2.74. The van der Waals surface area contributed by atoms with E-state index in [4.69, 9.17) is 9.15 Å². The maximum Gasteiger partial charge on any atom is 0.244 e. The van der Waals surface area contributed by atoms with Gasteiger partial charge >= 0.3 is 0 Å². The number of amides is 1. The molecule has 1 aliphatic carbocycles. The third kappa shape index (κ3) is 5.61. The number of furan rings is 1. The molecule has 0 aliphatic heterocycles. The molecule has 25 heavy (non-hydrogen) atoms. The lowest BCUT2D eigenvalue weighted by molar-refractivity contribution is -0.116. The van der Waals surface area contributed by atoms with Gasteiger partial charge in [0.1, 0.15) is 11.5 Å². The summed E-state index contributed by atoms with van der Waals surface area (Å²) in [6.07, 6.45) is 5.22. The van der Waals surface area contributed by atoms with Crippen molar-refractivity contribution in [2.75, 3.05) is 13.2 Å². The second-order valence-electron chi connectivity index (χ2n) is 6.58. The van der Waals surface area contributed by atoms with Crippen LogP contribution in [0, 0.1) is 5.92 Å². The molecule has 1 heterocycles. The van der Waals surface area contributed by atoms with Gasteiger partial charge in [0.15, 0.2) is 0 Å². The number of benzene rings is 1. The van der Waals surface area contributed by atoms with Crippen molar-refractivity contribution in [3.8, 4) is 0 Å². The molecule has 2 aromatic rings.